The molecule has 2 N–H and O–H groups in total. The Kier molecular flexibility index (Phi) is 12.4. The lowest BCUT2D eigenvalue weighted by Crippen LogP contribution is -2.41. The highest BCUT2D eigenvalue weighted by Gasteiger charge is 2.41. The maximum absolute atomic E-state index is 11.7. The van der Waals surface area contributed by atoms with E-state index in [1.54, 1.807) is 19.0 Å². The molecule has 1 aliphatic rings. The van der Waals surface area contributed by atoms with Crippen molar-refractivity contribution in [3.63, 3.8) is 0 Å². The first-order valence-corrected chi connectivity index (χ1v) is 8.83. The summed E-state index contributed by atoms with van der Waals surface area (Å²) in [5, 5.41) is 6.73. The highest BCUT2D eigenvalue weighted by atomic mass is 127. The van der Waals surface area contributed by atoms with Crippen LogP contribution in [0.3, 0.4) is 0 Å². The van der Waals surface area contributed by atoms with Gasteiger partial charge in [0.15, 0.2) is 5.96 Å². The zero-order valence-corrected chi connectivity index (χ0v) is 18.0. The molecule has 1 aliphatic carbocycles. The van der Waals surface area contributed by atoms with Crippen LogP contribution in [0.2, 0.25) is 0 Å². The fourth-order valence-corrected chi connectivity index (χ4v) is 2.24. The van der Waals surface area contributed by atoms with E-state index in [9.17, 15) is 4.79 Å². The molecule has 0 radical (unpaired) electrons. The van der Waals surface area contributed by atoms with E-state index in [0.717, 1.165) is 51.5 Å². The topological polar surface area (TPSA) is 66.0 Å². The molecule has 0 atom stereocenters. The van der Waals surface area contributed by atoms with Crippen molar-refractivity contribution in [3.8, 4) is 0 Å². The van der Waals surface area contributed by atoms with Crippen LogP contribution in [-0.2, 0) is 9.53 Å². The number of hydrogen-bond acceptors (Lipinski definition) is 3. The molecule has 7 heteroatoms. The number of nitrogens with zero attached hydrogens (tertiary/aromatic N) is 2. The van der Waals surface area contributed by atoms with Crippen molar-refractivity contribution >= 4 is 35.8 Å². The summed E-state index contributed by atoms with van der Waals surface area (Å²) in [6.07, 6.45) is 5.80. The Bertz CT molecular complexity index is 385. The summed E-state index contributed by atoms with van der Waals surface area (Å²) in [5.41, 5.74) is 0.355. The van der Waals surface area contributed by atoms with E-state index in [2.05, 4.69) is 22.5 Å². The lowest BCUT2D eigenvalue weighted by atomic mass is 10.0. The highest BCUT2D eigenvalue weighted by molar-refractivity contribution is 14.0. The monoisotopic (exact) mass is 454 g/mol. The van der Waals surface area contributed by atoms with E-state index < -0.39 is 0 Å². The molecule has 6 nitrogen and oxygen atoms in total. The van der Waals surface area contributed by atoms with Crippen molar-refractivity contribution in [2.24, 2.45) is 10.4 Å². The molecule has 142 valence electrons. The van der Waals surface area contributed by atoms with Gasteiger partial charge < -0.3 is 20.3 Å². The maximum Gasteiger partial charge on any atom is 0.243 e. The first-order valence-electron chi connectivity index (χ1n) is 8.83. The number of aliphatic imine (C=N–C) groups is 1. The summed E-state index contributed by atoms with van der Waals surface area (Å²) in [5.74, 6) is 0.760. The molecule has 24 heavy (non-hydrogen) atoms. The second-order valence-corrected chi connectivity index (χ2v) is 6.53. The first-order chi connectivity index (χ1) is 11.0. The van der Waals surface area contributed by atoms with Crippen molar-refractivity contribution in [1.29, 1.82) is 0 Å². The molecular weight excluding hydrogens is 419 g/mol. The molecule has 0 spiro atoms. The van der Waals surface area contributed by atoms with Gasteiger partial charge in [0.25, 0.3) is 0 Å². The predicted molar refractivity (Wildman–Crippen MR) is 110 cm³/mol. The Hall–Kier alpha value is -0.570. The number of carbonyl (C=O) groups is 1. The fourth-order valence-electron chi connectivity index (χ4n) is 2.24. The molecular formula is C17H35IN4O2. The molecule has 0 saturated heterocycles. The lowest BCUT2D eigenvalue weighted by molar-refractivity contribution is -0.127. The summed E-state index contributed by atoms with van der Waals surface area (Å²) in [4.78, 5) is 17.7. The largest absolute Gasteiger partial charge is 0.382 e. The van der Waals surface area contributed by atoms with Crippen LogP contribution in [0.4, 0.5) is 0 Å². The van der Waals surface area contributed by atoms with Crippen LogP contribution in [0.1, 0.15) is 46.0 Å². The molecule has 1 saturated carbocycles. The average molecular weight is 454 g/mol. The highest BCUT2D eigenvalue weighted by Crippen LogP contribution is 2.48. The summed E-state index contributed by atoms with van der Waals surface area (Å²) in [6.45, 7) is 7.75. The van der Waals surface area contributed by atoms with Gasteiger partial charge in [-0.05, 0) is 38.0 Å². The minimum absolute atomic E-state index is 0. The standard InChI is InChI=1S/C17H34N4O2.HI/c1-5-7-11-18-16(19-13-15(22)21(3)4)20-14-17(8-9-17)10-12-23-6-2;/h5-14H2,1-4H3,(H2,18,19,20);1H. The number of unbranched alkanes of at least 4 members (excludes halogenated alkanes) is 1. The number of rotatable bonds is 11. The molecule has 1 amide bonds. The summed E-state index contributed by atoms with van der Waals surface area (Å²) in [7, 11) is 3.50. The predicted octanol–water partition coefficient (Wildman–Crippen LogP) is 2.23. The maximum atomic E-state index is 11.7. The van der Waals surface area contributed by atoms with Crippen molar-refractivity contribution in [3.05, 3.63) is 0 Å². The molecule has 0 bridgehead atoms. The van der Waals surface area contributed by atoms with Gasteiger partial charge >= 0.3 is 0 Å². The molecule has 0 aromatic carbocycles. The molecule has 0 aromatic heterocycles. The Morgan fingerprint density at radius 3 is 2.50 bits per heavy atom. The summed E-state index contributed by atoms with van der Waals surface area (Å²) in [6, 6.07) is 0. The van der Waals surface area contributed by atoms with Gasteiger partial charge in [-0.15, -0.1) is 24.0 Å². The zero-order chi connectivity index (χ0) is 17.1. The number of guanidine groups is 1. The van der Waals surface area contributed by atoms with Crippen LogP contribution in [-0.4, -0.2) is 63.7 Å². The van der Waals surface area contributed by atoms with Crippen molar-refractivity contribution in [2.75, 3.05) is 46.9 Å². The van der Waals surface area contributed by atoms with Crippen LogP contribution in [0, 0.1) is 5.41 Å². The zero-order valence-electron chi connectivity index (χ0n) is 15.7. The number of likely N-dealkylation sites (N-methyl/N-ethyl adjacent to an activating group) is 1. The molecule has 0 aromatic rings. The van der Waals surface area contributed by atoms with Crippen LogP contribution < -0.4 is 10.6 Å². The van der Waals surface area contributed by atoms with E-state index in [1.807, 2.05) is 6.92 Å². The number of amides is 1. The minimum Gasteiger partial charge on any atom is -0.382 e. The first kappa shape index (κ1) is 23.4. The smallest absolute Gasteiger partial charge is 0.243 e. The van der Waals surface area contributed by atoms with Crippen LogP contribution in [0.5, 0.6) is 0 Å². The molecule has 0 unspecified atom stereocenters. The second kappa shape index (κ2) is 12.7. The summed E-state index contributed by atoms with van der Waals surface area (Å²) >= 11 is 0. The Labute approximate surface area is 164 Å². The van der Waals surface area contributed by atoms with Gasteiger partial charge in [0, 0.05) is 40.4 Å². The fraction of sp³-hybridized carbons (Fsp3) is 0.882. The van der Waals surface area contributed by atoms with Gasteiger partial charge in [-0.2, -0.15) is 0 Å². The van der Waals surface area contributed by atoms with E-state index >= 15 is 0 Å². The third-order valence-electron chi connectivity index (χ3n) is 4.26. The van der Waals surface area contributed by atoms with Gasteiger partial charge in [0.2, 0.25) is 5.91 Å². The minimum atomic E-state index is 0. The number of halogens is 1. The number of nitrogens with one attached hydrogen (secondary N) is 2. The number of ether oxygens (including phenoxy) is 1. The van der Waals surface area contributed by atoms with Gasteiger partial charge in [-0.25, -0.2) is 4.99 Å². The third-order valence-corrected chi connectivity index (χ3v) is 4.26. The van der Waals surface area contributed by atoms with Gasteiger partial charge in [-0.1, -0.05) is 13.3 Å². The van der Waals surface area contributed by atoms with Crippen LogP contribution >= 0.6 is 24.0 Å². The normalized spacial score (nSPS) is 15.4. The van der Waals surface area contributed by atoms with Gasteiger partial charge in [0.1, 0.15) is 6.54 Å². The lowest BCUT2D eigenvalue weighted by Gasteiger charge is -2.19. The molecule has 1 fully saturated rings. The van der Waals surface area contributed by atoms with E-state index in [0.29, 0.717) is 5.41 Å². The van der Waals surface area contributed by atoms with E-state index in [4.69, 9.17) is 4.74 Å². The van der Waals surface area contributed by atoms with Crippen molar-refractivity contribution in [2.45, 2.75) is 46.0 Å². The van der Waals surface area contributed by atoms with Crippen LogP contribution in [0.15, 0.2) is 4.99 Å². The van der Waals surface area contributed by atoms with Gasteiger partial charge in [-0.3, -0.25) is 4.79 Å². The SMILES string of the molecule is CCCCNC(=NCC(=O)N(C)C)NCC1(CCOCC)CC1.I. The Morgan fingerprint density at radius 1 is 1.25 bits per heavy atom. The Morgan fingerprint density at radius 2 is 1.96 bits per heavy atom. The summed E-state index contributed by atoms with van der Waals surface area (Å²) < 4.78 is 5.48. The quantitative estimate of drug-likeness (QED) is 0.218. The number of carbonyl (C=O) groups excluding carboxylic acids is 1. The van der Waals surface area contributed by atoms with E-state index in [-0.39, 0.29) is 36.4 Å². The van der Waals surface area contributed by atoms with Crippen LogP contribution in [0.25, 0.3) is 0 Å². The molecule has 1 rings (SSSR count). The van der Waals surface area contributed by atoms with Crippen molar-refractivity contribution < 1.29 is 9.53 Å². The third kappa shape index (κ3) is 9.66. The molecule has 0 aliphatic heterocycles. The molecule has 0 heterocycles. The van der Waals surface area contributed by atoms with Crippen molar-refractivity contribution in [1.82, 2.24) is 15.5 Å². The second-order valence-electron chi connectivity index (χ2n) is 6.53. The average Bonchev–Trinajstić information content (AvgIpc) is 3.29. The number of hydrogen-bond donors (Lipinski definition) is 2. The van der Waals surface area contributed by atoms with E-state index in [1.165, 1.54) is 12.8 Å². The Balaban J connectivity index is 0.00000529. The van der Waals surface area contributed by atoms with Gasteiger partial charge in [0.05, 0.1) is 0 Å².